The Morgan fingerprint density at radius 2 is 1.60 bits per heavy atom. The summed E-state index contributed by atoms with van der Waals surface area (Å²) in [6.07, 6.45) is 9.99. The zero-order valence-electron chi connectivity index (χ0n) is 42.8. The molecule has 7 aliphatic rings. The van der Waals surface area contributed by atoms with Gasteiger partial charge in [0.25, 0.3) is 0 Å². The lowest BCUT2D eigenvalue weighted by atomic mass is 9.88. The maximum atomic E-state index is 16.8. The molecule has 0 spiro atoms. The van der Waals surface area contributed by atoms with E-state index < -0.39 is 5.60 Å². The standard InChI is InChI=1S/C56H69FN8O8/c1-34-45(57)27-46-44(28-58-65(46)48-7-5-6-20-70-48)49(34)50-42(37-12-13-37)26-43-51(52(50)71-33-36-10-8-35(9-11-36)29-62-19-18-61(32-47(62)66)38-14-21-68-22-15-38)59-54(72-41-16-23-69-24-17-41)60-53(43)63-30-40-25-39(63)31-64(40)55(67)73-56(2,3)4/h8-11,26-28,37-41,48H,5-7,12-25,29-33H2,1-4H3/t39-,40-,48?/m0/s1. The molecule has 5 aromatic rings. The number of fused-ring (bicyclic) bond motifs is 4. The molecule has 7 fully saturated rings. The third kappa shape index (κ3) is 9.82. The molecule has 2 amide bonds. The zero-order valence-corrected chi connectivity index (χ0v) is 42.8. The van der Waals surface area contributed by atoms with Gasteiger partial charge in [0.2, 0.25) is 5.91 Å². The Balaban J connectivity index is 0.945. The number of anilines is 1. The lowest BCUT2D eigenvalue weighted by molar-refractivity contribution is -0.138. The zero-order chi connectivity index (χ0) is 50.0. The van der Waals surface area contributed by atoms with Crippen molar-refractivity contribution in [2.75, 3.05) is 70.7 Å². The summed E-state index contributed by atoms with van der Waals surface area (Å²) >= 11 is 0. The number of ether oxygens (including phenoxy) is 6. The van der Waals surface area contributed by atoms with Gasteiger partial charge < -0.3 is 43.1 Å². The van der Waals surface area contributed by atoms with Crippen molar-refractivity contribution in [3.05, 3.63) is 70.7 Å². The maximum Gasteiger partial charge on any atom is 0.410 e. The van der Waals surface area contributed by atoms with Crippen molar-refractivity contribution < 1.29 is 42.4 Å². The summed E-state index contributed by atoms with van der Waals surface area (Å²) in [6, 6.07) is 12.7. The van der Waals surface area contributed by atoms with E-state index in [0.29, 0.717) is 93.8 Å². The lowest BCUT2D eigenvalue weighted by Gasteiger charge is -2.40. The van der Waals surface area contributed by atoms with Crippen LogP contribution >= 0.6 is 0 Å². The predicted octanol–water partition coefficient (Wildman–Crippen LogP) is 8.83. The van der Waals surface area contributed by atoms with E-state index in [1.807, 2.05) is 48.4 Å². The van der Waals surface area contributed by atoms with Gasteiger partial charge in [-0.1, -0.05) is 24.3 Å². The van der Waals surface area contributed by atoms with Crippen LogP contribution in [0.5, 0.6) is 11.8 Å². The Bertz CT molecular complexity index is 2870. The first-order chi connectivity index (χ1) is 35.4. The normalized spacial score (nSPS) is 23.5. The van der Waals surface area contributed by atoms with Crippen molar-refractivity contribution in [1.29, 1.82) is 0 Å². The molecule has 0 radical (unpaired) electrons. The molecule has 1 unspecified atom stereocenters. The quantitative estimate of drug-likeness (QED) is 0.117. The number of rotatable bonds is 12. The molecule has 8 heterocycles. The number of aromatic nitrogens is 4. The first kappa shape index (κ1) is 48.3. The largest absolute Gasteiger partial charge is 0.486 e. The third-order valence-corrected chi connectivity index (χ3v) is 16.1. The smallest absolute Gasteiger partial charge is 0.410 e. The monoisotopic (exact) mass is 1000 g/mol. The van der Waals surface area contributed by atoms with Gasteiger partial charge in [0.05, 0.1) is 43.6 Å². The van der Waals surface area contributed by atoms with Crippen LogP contribution in [0.2, 0.25) is 0 Å². The van der Waals surface area contributed by atoms with Crippen LogP contribution in [-0.2, 0) is 36.9 Å². The Labute approximate surface area is 426 Å². The van der Waals surface area contributed by atoms with E-state index in [4.69, 9.17) is 43.5 Å². The number of hydrogen-bond donors (Lipinski definition) is 0. The van der Waals surface area contributed by atoms with Gasteiger partial charge in [0.15, 0.2) is 12.0 Å². The van der Waals surface area contributed by atoms with Gasteiger partial charge in [-0.15, -0.1) is 0 Å². The number of hydrogen-bond acceptors (Lipinski definition) is 13. The summed E-state index contributed by atoms with van der Waals surface area (Å²) in [4.78, 5) is 46.0. The second kappa shape index (κ2) is 19.9. The van der Waals surface area contributed by atoms with Crippen molar-refractivity contribution in [2.45, 2.75) is 147 Å². The molecule has 17 heteroatoms. The van der Waals surface area contributed by atoms with Gasteiger partial charge in [-0.2, -0.15) is 15.1 Å². The fourth-order valence-electron chi connectivity index (χ4n) is 12.1. The van der Waals surface area contributed by atoms with Gasteiger partial charge in [-0.3, -0.25) is 9.69 Å². The highest BCUT2D eigenvalue weighted by molar-refractivity contribution is 6.06. The summed E-state index contributed by atoms with van der Waals surface area (Å²) in [5.41, 5.74) is 5.71. The van der Waals surface area contributed by atoms with Crippen molar-refractivity contribution in [1.82, 2.24) is 34.4 Å². The highest BCUT2D eigenvalue weighted by atomic mass is 19.1. The number of carbonyl (C=O) groups excluding carboxylic acids is 2. The first-order valence-electron chi connectivity index (χ1n) is 26.9. The molecular weight excluding hydrogens is 932 g/mol. The number of likely N-dealkylation sites (tertiary alicyclic amines) is 1. The second-order valence-corrected chi connectivity index (χ2v) is 22.4. The van der Waals surface area contributed by atoms with Crippen LogP contribution in [0, 0.1) is 12.7 Å². The van der Waals surface area contributed by atoms with Gasteiger partial charge in [-0.25, -0.2) is 13.9 Å². The minimum Gasteiger partial charge on any atom is -0.486 e. The van der Waals surface area contributed by atoms with Gasteiger partial charge in [0.1, 0.15) is 35.5 Å². The van der Waals surface area contributed by atoms with Crippen molar-refractivity contribution in [2.24, 2.45) is 0 Å². The molecule has 1 saturated carbocycles. The average Bonchev–Trinajstić information content (AvgIpc) is 3.84. The predicted molar refractivity (Wildman–Crippen MR) is 272 cm³/mol. The molecule has 2 bridgehead atoms. The van der Waals surface area contributed by atoms with E-state index in [-0.39, 0.29) is 60.8 Å². The first-order valence-corrected chi connectivity index (χ1v) is 26.9. The average molecular weight is 1000 g/mol. The van der Waals surface area contributed by atoms with Crippen LogP contribution in [0.4, 0.5) is 15.0 Å². The van der Waals surface area contributed by atoms with Crippen LogP contribution in [0.15, 0.2) is 42.6 Å². The van der Waals surface area contributed by atoms with Crippen LogP contribution in [0.3, 0.4) is 0 Å². The van der Waals surface area contributed by atoms with E-state index in [0.717, 1.165) is 116 Å². The minimum atomic E-state index is -0.609. The number of nitrogens with zero attached hydrogens (tertiary/aromatic N) is 8. The molecular formula is C56H69FN8O8. The number of piperazine rings is 2. The van der Waals surface area contributed by atoms with E-state index in [1.165, 1.54) is 0 Å². The second-order valence-electron chi connectivity index (χ2n) is 22.4. The summed E-state index contributed by atoms with van der Waals surface area (Å²) < 4.78 is 56.0. The molecule has 6 saturated heterocycles. The van der Waals surface area contributed by atoms with Crippen LogP contribution < -0.4 is 14.4 Å². The topological polar surface area (TPSA) is 146 Å². The fraction of sp³-hybridized carbons (Fsp3) is 0.589. The molecule has 6 aliphatic heterocycles. The van der Waals surface area contributed by atoms with E-state index in [1.54, 1.807) is 6.07 Å². The molecule has 16 nitrogen and oxygen atoms in total. The van der Waals surface area contributed by atoms with E-state index >= 15 is 4.39 Å². The minimum absolute atomic E-state index is 0.0115. The summed E-state index contributed by atoms with van der Waals surface area (Å²) in [7, 11) is 0. The molecule has 2 aromatic heterocycles. The molecule has 388 valence electrons. The summed E-state index contributed by atoms with van der Waals surface area (Å²) in [5, 5.41) is 6.54. The maximum absolute atomic E-state index is 16.8. The molecule has 73 heavy (non-hydrogen) atoms. The third-order valence-electron chi connectivity index (χ3n) is 16.1. The molecule has 0 N–H and O–H groups in total. The highest BCUT2D eigenvalue weighted by Crippen LogP contribution is 2.54. The molecule has 3 atom stereocenters. The van der Waals surface area contributed by atoms with Crippen molar-refractivity contribution >= 4 is 39.6 Å². The van der Waals surface area contributed by atoms with Crippen molar-refractivity contribution in [3.63, 3.8) is 0 Å². The Kier molecular flexibility index (Phi) is 13.2. The summed E-state index contributed by atoms with van der Waals surface area (Å²) in [5.74, 6) is 1.29. The molecule has 12 rings (SSSR count). The van der Waals surface area contributed by atoms with E-state index in [9.17, 15) is 9.59 Å². The number of benzene rings is 3. The lowest BCUT2D eigenvalue weighted by Crippen LogP contribution is -2.54. The summed E-state index contributed by atoms with van der Waals surface area (Å²) in [6.45, 7) is 14.7. The Hall–Kier alpha value is -5.62. The Morgan fingerprint density at radius 1 is 0.836 bits per heavy atom. The number of carbonyl (C=O) groups is 2. The van der Waals surface area contributed by atoms with E-state index in [2.05, 4.69) is 40.1 Å². The molecule has 1 aliphatic carbocycles. The molecule has 3 aromatic carbocycles. The number of halogens is 1. The highest BCUT2D eigenvalue weighted by Gasteiger charge is 2.48. The SMILES string of the molecule is Cc1c(F)cc2c(cnn2C2CCCCO2)c1-c1c(C2CC2)cc2c(N3C[C@@H]4C[C@H]3CN4C(=O)OC(C)(C)C)nc(OC3CCOCC3)nc2c1OCc1ccc(CN2CCN(C3CCOCC3)CC2=O)cc1. The van der Waals surface area contributed by atoms with Crippen LogP contribution in [0.1, 0.15) is 119 Å². The van der Waals surface area contributed by atoms with Crippen LogP contribution in [0.25, 0.3) is 32.9 Å². The van der Waals surface area contributed by atoms with Crippen LogP contribution in [-0.4, -0.2) is 142 Å². The van der Waals surface area contributed by atoms with Gasteiger partial charge in [0, 0.05) is 99.4 Å². The number of amides is 2. The fourth-order valence-corrected chi connectivity index (χ4v) is 12.1. The van der Waals surface area contributed by atoms with Gasteiger partial charge >= 0.3 is 12.1 Å². The van der Waals surface area contributed by atoms with Gasteiger partial charge in [-0.05, 0) is 113 Å². The Morgan fingerprint density at radius 3 is 2.30 bits per heavy atom. The van der Waals surface area contributed by atoms with Crippen molar-refractivity contribution in [3.8, 4) is 22.9 Å².